The summed E-state index contributed by atoms with van der Waals surface area (Å²) in [5, 5.41) is 3.12. The minimum Gasteiger partial charge on any atom is -0.465 e. The van der Waals surface area contributed by atoms with Crippen LogP contribution in [-0.4, -0.2) is 39.7 Å². The van der Waals surface area contributed by atoms with Crippen LogP contribution in [0.15, 0.2) is 70.6 Å². The van der Waals surface area contributed by atoms with E-state index in [4.69, 9.17) is 9.47 Å². The molecule has 2 N–H and O–H groups in total. The lowest BCUT2D eigenvalue weighted by Gasteiger charge is -2.09. The number of aryl methyl sites for hydroxylation is 1. The number of carbonyl (C=O) groups excluding carboxylic acids is 2. The molecule has 9 nitrogen and oxygen atoms in total. The summed E-state index contributed by atoms with van der Waals surface area (Å²) >= 11 is 1.06. The van der Waals surface area contributed by atoms with Crippen molar-refractivity contribution in [2.24, 2.45) is 0 Å². The van der Waals surface area contributed by atoms with Crippen LogP contribution in [0.1, 0.15) is 21.6 Å². The van der Waals surface area contributed by atoms with Crippen molar-refractivity contribution in [3.63, 3.8) is 0 Å². The maximum atomic E-state index is 12.6. The van der Waals surface area contributed by atoms with Crippen LogP contribution in [0.4, 0.5) is 0 Å². The van der Waals surface area contributed by atoms with Crippen LogP contribution in [0.5, 0.6) is 11.5 Å². The highest BCUT2D eigenvalue weighted by Gasteiger charge is 2.18. The summed E-state index contributed by atoms with van der Waals surface area (Å²) in [6.07, 6.45) is 0. The summed E-state index contributed by atoms with van der Waals surface area (Å²) < 4.78 is 10.6. The summed E-state index contributed by atoms with van der Waals surface area (Å²) in [5.74, 6) is 0.546. The molecule has 10 heteroatoms. The number of thioether (sulfide) groups is 1. The Morgan fingerprint density at radius 2 is 1.80 bits per heavy atom. The van der Waals surface area contributed by atoms with Crippen LogP contribution in [0.25, 0.3) is 11.0 Å². The quantitative estimate of drug-likeness (QED) is 0.218. The zero-order valence-corrected chi connectivity index (χ0v) is 19.8. The Bertz CT molecular complexity index is 1440. The van der Waals surface area contributed by atoms with Crippen LogP contribution in [0.2, 0.25) is 0 Å². The molecule has 0 atom stereocenters. The van der Waals surface area contributed by atoms with E-state index in [9.17, 15) is 14.4 Å². The van der Waals surface area contributed by atoms with Gasteiger partial charge in [-0.05, 0) is 42.8 Å². The highest BCUT2D eigenvalue weighted by Crippen LogP contribution is 2.22. The number of ether oxygens (including phenoxy) is 2. The van der Waals surface area contributed by atoms with Gasteiger partial charge in [0, 0.05) is 12.2 Å². The lowest BCUT2D eigenvalue weighted by atomic mass is 10.1. The van der Waals surface area contributed by atoms with Crippen LogP contribution in [0, 0.1) is 6.92 Å². The molecule has 2 heterocycles. The number of pyridine rings is 1. The van der Waals surface area contributed by atoms with E-state index in [0.29, 0.717) is 18.0 Å². The van der Waals surface area contributed by atoms with Crippen molar-refractivity contribution in [2.75, 3.05) is 12.9 Å². The predicted octanol–water partition coefficient (Wildman–Crippen LogP) is 3.61. The maximum absolute atomic E-state index is 12.6. The van der Waals surface area contributed by atoms with Gasteiger partial charge < -0.3 is 19.8 Å². The Labute approximate surface area is 204 Å². The molecule has 0 bridgehead atoms. The predicted molar refractivity (Wildman–Crippen MR) is 132 cm³/mol. The van der Waals surface area contributed by atoms with E-state index in [1.807, 2.05) is 54.6 Å². The number of H-pyrrole nitrogens is 1. The number of fused-ring (bicyclic) bond motifs is 1. The Balaban J connectivity index is 1.38. The summed E-state index contributed by atoms with van der Waals surface area (Å²) in [5.41, 5.74) is 1.08. The minimum absolute atomic E-state index is 0.0321. The SMILES string of the molecule is COC(=O)c1cc(C)nc2nc(SCC(=O)NCc3cccc(Oc4ccccc4)c3)[nH]c(=O)c12. The minimum atomic E-state index is -0.647. The molecular formula is C25H22N4O5S. The van der Waals surface area contributed by atoms with Gasteiger partial charge in [-0.3, -0.25) is 9.59 Å². The summed E-state index contributed by atoms with van der Waals surface area (Å²) in [6.45, 7) is 2.01. The molecule has 0 saturated carbocycles. The van der Waals surface area contributed by atoms with Crippen molar-refractivity contribution in [1.29, 1.82) is 0 Å². The van der Waals surface area contributed by atoms with Crippen molar-refractivity contribution in [3.8, 4) is 11.5 Å². The maximum Gasteiger partial charge on any atom is 0.338 e. The van der Waals surface area contributed by atoms with Crippen molar-refractivity contribution >= 4 is 34.7 Å². The number of aromatic nitrogens is 3. The third-order valence-electron chi connectivity index (χ3n) is 4.90. The first-order valence-electron chi connectivity index (χ1n) is 10.6. The highest BCUT2D eigenvalue weighted by molar-refractivity contribution is 7.99. The second-order valence-electron chi connectivity index (χ2n) is 7.50. The third-order valence-corrected chi connectivity index (χ3v) is 5.77. The Kier molecular flexibility index (Phi) is 7.41. The number of para-hydroxylation sites is 1. The molecule has 0 unspecified atom stereocenters. The first kappa shape index (κ1) is 24.0. The molecule has 0 aliphatic heterocycles. The molecule has 35 heavy (non-hydrogen) atoms. The number of benzene rings is 2. The van der Waals surface area contributed by atoms with Crippen molar-refractivity contribution < 1.29 is 19.1 Å². The second kappa shape index (κ2) is 10.8. The summed E-state index contributed by atoms with van der Waals surface area (Å²) in [6, 6.07) is 18.4. The van der Waals surface area contributed by atoms with Gasteiger partial charge in [-0.25, -0.2) is 14.8 Å². The zero-order chi connectivity index (χ0) is 24.8. The van der Waals surface area contributed by atoms with E-state index >= 15 is 0 Å². The molecule has 1 amide bonds. The van der Waals surface area contributed by atoms with Crippen LogP contribution >= 0.6 is 11.8 Å². The molecule has 0 saturated heterocycles. The van der Waals surface area contributed by atoms with Crippen LogP contribution in [0.3, 0.4) is 0 Å². The lowest BCUT2D eigenvalue weighted by Crippen LogP contribution is -2.25. The van der Waals surface area contributed by atoms with Gasteiger partial charge in [0.2, 0.25) is 5.91 Å². The molecule has 0 spiro atoms. The molecule has 2 aromatic carbocycles. The van der Waals surface area contributed by atoms with Crippen molar-refractivity contribution in [2.45, 2.75) is 18.6 Å². The van der Waals surface area contributed by atoms with Crippen molar-refractivity contribution in [1.82, 2.24) is 20.3 Å². The van der Waals surface area contributed by atoms with E-state index < -0.39 is 11.5 Å². The number of hydrogen-bond acceptors (Lipinski definition) is 8. The second-order valence-corrected chi connectivity index (χ2v) is 8.46. The van der Waals surface area contributed by atoms with Gasteiger partial charge in [-0.1, -0.05) is 42.1 Å². The number of rotatable bonds is 8. The number of methoxy groups -OCH3 is 1. The first-order chi connectivity index (χ1) is 16.9. The number of hydrogen-bond donors (Lipinski definition) is 2. The fourth-order valence-electron chi connectivity index (χ4n) is 3.31. The normalized spacial score (nSPS) is 10.7. The van der Waals surface area contributed by atoms with Crippen LogP contribution < -0.4 is 15.6 Å². The van der Waals surface area contributed by atoms with E-state index in [2.05, 4.69) is 20.3 Å². The summed E-state index contributed by atoms with van der Waals surface area (Å²) in [4.78, 5) is 48.2. The lowest BCUT2D eigenvalue weighted by molar-refractivity contribution is -0.118. The zero-order valence-electron chi connectivity index (χ0n) is 19.0. The van der Waals surface area contributed by atoms with Gasteiger partial charge in [-0.2, -0.15) is 0 Å². The number of esters is 1. The number of aromatic amines is 1. The van der Waals surface area contributed by atoms with Crippen LogP contribution in [-0.2, 0) is 16.1 Å². The van der Waals surface area contributed by atoms with E-state index in [1.165, 1.54) is 13.2 Å². The standard InChI is InChI=1S/C25H22N4O5S/c1-15-11-19(24(32)33-2)21-22(27-15)28-25(29-23(21)31)35-14-20(30)26-13-16-7-6-10-18(12-16)34-17-8-4-3-5-9-17/h3-12H,13-14H2,1-2H3,(H,26,30)(H,27,28,29,31). The molecule has 0 aliphatic rings. The largest absolute Gasteiger partial charge is 0.465 e. The van der Waals surface area contributed by atoms with E-state index in [0.717, 1.165) is 23.1 Å². The van der Waals surface area contributed by atoms with E-state index in [-0.39, 0.29) is 33.4 Å². The number of nitrogens with zero attached hydrogens (tertiary/aromatic N) is 2. The van der Waals surface area contributed by atoms with Crippen molar-refractivity contribution in [3.05, 3.63) is 87.8 Å². The number of nitrogens with one attached hydrogen (secondary N) is 2. The van der Waals surface area contributed by atoms with Gasteiger partial charge in [0.1, 0.15) is 11.5 Å². The summed E-state index contributed by atoms with van der Waals surface area (Å²) in [7, 11) is 1.24. The fourth-order valence-corrected chi connectivity index (χ4v) is 4.00. The smallest absolute Gasteiger partial charge is 0.338 e. The number of carbonyl (C=O) groups is 2. The molecule has 4 aromatic rings. The molecule has 0 fully saturated rings. The number of amides is 1. The van der Waals surface area contributed by atoms with Gasteiger partial charge >= 0.3 is 5.97 Å². The molecule has 4 rings (SSSR count). The molecule has 0 aliphatic carbocycles. The van der Waals surface area contributed by atoms with Gasteiger partial charge in [0.25, 0.3) is 5.56 Å². The van der Waals surface area contributed by atoms with Gasteiger partial charge in [-0.15, -0.1) is 0 Å². The Hall–Kier alpha value is -4.18. The fraction of sp³-hybridized carbons (Fsp3) is 0.160. The average molecular weight is 491 g/mol. The molecule has 178 valence electrons. The monoisotopic (exact) mass is 490 g/mol. The van der Waals surface area contributed by atoms with E-state index in [1.54, 1.807) is 6.92 Å². The third kappa shape index (κ3) is 6.04. The van der Waals surface area contributed by atoms with Gasteiger partial charge in [0.05, 0.1) is 23.8 Å². The molecular weight excluding hydrogens is 468 g/mol. The topological polar surface area (TPSA) is 123 Å². The molecule has 0 radical (unpaired) electrons. The average Bonchev–Trinajstić information content (AvgIpc) is 2.86. The molecule has 2 aromatic heterocycles. The Morgan fingerprint density at radius 3 is 2.57 bits per heavy atom. The Morgan fingerprint density at radius 1 is 1.03 bits per heavy atom. The van der Waals surface area contributed by atoms with Gasteiger partial charge in [0.15, 0.2) is 10.8 Å². The first-order valence-corrected chi connectivity index (χ1v) is 11.6. The highest BCUT2D eigenvalue weighted by atomic mass is 32.2.